The van der Waals surface area contributed by atoms with Crippen molar-refractivity contribution in [3.8, 4) is 0 Å². The number of aliphatic hydroxyl groups excluding tert-OH is 2. The van der Waals surface area contributed by atoms with Crippen molar-refractivity contribution in [3.05, 3.63) is 6.33 Å². The van der Waals surface area contributed by atoms with Gasteiger partial charge in [0.15, 0.2) is 22.8 Å². The highest BCUT2D eigenvalue weighted by molar-refractivity contribution is 7.99. The molecular formula is C13H21N5O10P2S. The molecule has 0 aliphatic carbocycles. The maximum Gasteiger partial charge on any atom is 0.481 e. The van der Waals surface area contributed by atoms with Crippen LogP contribution in [-0.4, -0.2) is 75.1 Å². The fourth-order valence-electron chi connectivity index (χ4n) is 2.78. The Hall–Kier alpha value is -1.16. The second-order valence-electron chi connectivity index (χ2n) is 6.45. The van der Waals surface area contributed by atoms with Crippen LogP contribution in [0, 0.1) is 0 Å². The van der Waals surface area contributed by atoms with E-state index in [0.717, 1.165) is 12.2 Å². The van der Waals surface area contributed by atoms with Gasteiger partial charge in [0, 0.05) is 5.75 Å². The molecule has 1 fully saturated rings. The lowest BCUT2D eigenvalue weighted by Crippen LogP contribution is -2.33. The molecule has 0 bridgehead atoms. The van der Waals surface area contributed by atoms with E-state index in [4.69, 9.17) is 20.3 Å². The van der Waals surface area contributed by atoms with Gasteiger partial charge in [-0.3, -0.25) is 9.09 Å². The molecule has 174 valence electrons. The van der Waals surface area contributed by atoms with Gasteiger partial charge >= 0.3 is 15.6 Å². The fraction of sp³-hybridized carbons (Fsp3) is 0.615. The number of thioether (sulfide) groups is 1. The molecule has 0 amide bonds. The van der Waals surface area contributed by atoms with Gasteiger partial charge in [-0.2, -0.15) is 4.31 Å². The van der Waals surface area contributed by atoms with E-state index in [2.05, 4.69) is 23.8 Å². The van der Waals surface area contributed by atoms with Gasteiger partial charge in [-0.25, -0.2) is 24.1 Å². The van der Waals surface area contributed by atoms with Crippen molar-refractivity contribution >= 4 is 44.4 Å². The molecule has 1 aliphatic rings. The number of aromatic nitrogens is 4. The third kappa shape index (κ3) is 5.80. The molecule has 31 heavy (non-hydrogen) atoms. The summed E-state index contributed by atoms with van der Waals surface area (Å²) in [4.78, 5) is 39.2. The Labute approximate surface area is 179 Å². The van der Waals surface area contributed by atoms with E-state index in [9.17, 15) is 24.2 Å². The van der Waals surface area contributed by atoms with E-state index in [1.54, 1.807) is 0 Å². The molecule has 7 N–H and O–H groups in total. The number of phosphoric ester groups is 1. The zero-order valence-corrected chi connectivity index (χ0v) is 18.6. The minimum absolute atomic E-state index is 0.117. The maximum atomic E-state index is 11.6. The van der Waals surface area contributed by atoms with Crippen LogP contribution in [-0.2, 0) is 22.7 Å². The lowest BCUT2D eigenvalue weighted by atomic mass is 10.1. The van der Waals surface area contributed by atoms with Crippen molar-refractivity contribution in [2.75, 3.05) is 18.1 Å². The quantitative estimate of drug-likeness (QED) is 0.148. The zero-order valence-electron chi connectivity index (χ0n) is 16.0. The van der Waals surface area contributed by atoms with Gasteiger partial charge in [0.1, 0.15) is 23.8 Å². The summed E-state index contributed by atoms with van der Waals surface area (Å²) < 4.78 is 37.3. The van der Waals surface area contributed by atoms with Gasteiger partial charge in [0.2, 0.25) is 0 Å². The van der Waals surface area contributed by atoms with Crippen LogP contribution in [0.15, 0.2) is 11.5 Å². The Morgan fingerprint density at radius 3 is 2.61 bits per heavy atom. The van der Waals surface area contributed by atoms with Crippen molar-refractivity contribution in [2.24, 2.45) is 0 Å². The summed E-state index contributed by atoms with van der Waals surface area (Å²) in [7, 11) is -10.5. The van der Waals surface area contributed by atoms with Crippen LogP contribution in [0.5, 0.6) is 0 Å². The standard InChI is InChI=1S/C13H21N5O10P2S/c1-2-3-31-13-16-10(14)7-11(17-13)18(5-15-7)12-9(20)8(19)6(27-12)4-26-30(24,25)28-29(21,22)23/h5-6,8-9,12,19-20H,2-4H2,1H3,(H,24,25)(H2,14,16,17)(H2,21,22,23)/t6-,8-,9-,12-/m1/s1. The second-order valence-corrected chi connectivity index (χ2v) is 10.3. The van der Waals surface area contributed by atoms with E-state index in [1.165, 1.54) is 22.7 Å². The largest absolute Gasteiger partial charge is 0.481 e. The number of fused-ring (bicyclic) bond motifs is 1. The molecule has 1 saturated heterocycles. The van der Waals surface area contributed by atoms with Crippen LogP contribution >= 0.6 is 27.4 Å². The molecule has 1 unspecified atom stereocenters. The maximum absolute atomic E-state index is 11.6. The predicted molar refractivity (Wildman–Crippen MR) is 106 cm³/mol. The van der Waals surface area contributed by atoms with Crippen LogP contribution in [0.1, 0.15) is 19.6 Å². The van der Waals surface area contributed by atoms with Crippen molar-refractivity contribution in [2.45, 2.75) is 43.0 Å². The fourth-order valence-corrected chi connectivity index (χ4v) is 5.08. The molecule has 3 rings (SSSR count). The smallest absolute Gasteiger partial charge is 0.387 e. The number of nitrogens with zero attached hydrogens (tertiary/aromatic N) is 4. The first-order valence-corrected chi connectivity index (χ1v) is 12.8. The summed E-state index contributed by atoms with van der Waals surface area (Å²) in [6.45, 7) is 1.17. The third-order valence-corrected chi connectivity index (χ3v) is 7.29. The number of aliphatic hydroxyl groups is 2. The highest BCUT2D eigenvalue weighted by Crippen LogP contribution is 2.57. The molecule has 2 aromatic heterocycles. The lowest BCUT2D eigenvalue weighted by Gasteiger charge is -2.17. The number of hydrogen-bond donors (Lipinski definition) is 6. The molecule has 0 radical (unpaired) electrons. The predicted octanol–water partition coefficient (Wildman–Crippen LogP) is -0.244. The Bertz CT molecular complexity index is 1030. The molecule has 0 spiro atoms. The normalized spacial score (nSPS) is 26.4. The first-order valence-electron chi connectivity index (χ1n) is 8.80. The molecule has 3 heterocycles. The van der Waals surface area contributed by atoms with Crippen molar-refractivity contribution in [3.63, 3.8) is 0 Å². The van der Waals surface area contributed by atoms with Crippen LogP contribution < -0.4 is 5.73 Å². The summed E-state index contributed by atoms with van der Waals surface area (Å²) in [5.41, 5.74) is 6.41. The number of phosphoric acid groups is 2. The number of anilines is 1. The SMILES string of the molecule is CCCSc1nc(N)c2ncn([C@@H]3O[C@H](COP(=O)(O)OP(=O)(O)O)[C@@H](O)[C@H]3O)c2n1. The Kier molecular flexibility index (Phi) is 7.40. The average Bonchev–Trinajstić information content (AvgIpc) is 3.19. The van der Waals surface area contributed by atoms with Crippen molar-refractivity contribution in [1.82, 2.24) is 19.5 Å². The van der Waals surface area contributed by atoms with Crippen LogP contribution in [0.4, 0.5) is 5.82 Å². The topological polar surface area (TPSA) is 233 Å². The summed E-state index contributed by atoms with van der Waals surface area (Å²) in [5.74, 6) is 0.864. The van der Waals surface area contributed by atoms with Gasteiger partial charge < -0.3 is 35.4 Å². The molecule has 5 atom stereocenters. The van der Waals surface area contributed by atoms with Gasteiger partial charge in [-0.15, -0.1) is 0 Å². The third-order valence-electron chi connectivity index (χ3n) is 4.09. The first kappa shape index (κ1) is 24.5. The monoisotopic (exact) mass is 501 g/mol. The molecule has 18 heteroatoms. The van der Waals surface area contributed by atoms with Crippen LogP contribution in [0.2, 0.25) is 0 Å². The summed E-state index contributed by atoms with van der Waals surface area (Å²) in [6.07, 6.45) is -3.49. The highest BCUT2D eigenvalue weighted by Gasteiger charge is 2.46. The van der Waals surface area contributed by atoms with Crippen LogP contribution in [0.25, 0.3) is 11.2 Å². The summed E-state index contributed by atoms with van der Waals surface area (Å²) in [5, 5.41) is 21.0. The number of nitrogen functional groups attached to an aromatic ring is 1. The Morgan fingerprint density at radius 1 is 1.26 bits per heavy atom. The number of imidazole rings is 1. The van der Waals surface area contributed by atoms with Gasteiger partial charge in [0.05, 0.1) is 12.9 Å². The zero-order chi connectivity index (χ0) is 23.0. The lowest BCUT2D eigenvalue weighted by molar-refractivity contribution is -0.0503. The molecule has 0 aromatic carbocycles. The summed E-state index contributed by atoms with van der Waals surface area (Å²) >= 11 is 1.37. The average molecular weight is 501 g/mol. The first-order chi connectivity index (χ1) is 14.4. The Balaban J connectivity index is 1.79. The molecule has 15 nitrogen and oxygen atoms in total. The molecular weight excluding hydrogens is 480 g/mol. The van der Waals surface area contributed by atoms with E-state index in [0.29, 0.717) is 5.16 Å². The van der Waals surface area contributed by atoms with Crippen molar-refractivity contribution < 1.29 is 47.6 Å². The van der Waals surface area contributed by atoms with E-state index >= 15 is 0 Å². The minimum atomic E-state index is -5.30. The van der Waals surface area contributed by atoms with E-state index in [1.807, 2.05) is 6.92 Å². The van der Waals surface area contributed by atoms with E-state index in [-0.39, 0.29) is 17.0 Å². The van der Waals surface area contributed by atoms with Gasteiger partial charge in [-0.05, 0) is 6.42 Å². The Morgan fingerprint density at radius 2 is 1.97 bits per heavy atom. The number of ether oxygens (including phenoxy) is 1. The summed E-state index contributed by atoms with van der Waals surface area (Å²) in [6, 6.07) is 0. The highest BCUT2D eigenvalue weighted by atomic mass is 32.2. The molecule has 1 aliphatic heterocycles. The van der Waals surface area contributed by atoms with E-state index < -0.39 is 46.8 Å². The second kappa shape index (κ2) is 9.37. The number of hydrogen-bond acceptors (Lipinski definition) is 12. The number of nitrogens with two attached hydrogens (primary N) is 1. The molecule has 2 aromatic rings. The number of rotatable bonds is 9. The van der Waals surface area contributed by atoms with Crippen LogP contribution in [0.3, 0.4) is 0 Å². The minimum Gasteiger partial charge on any atom is -0.387 e. The van der Waals surface area contributed by atoms with Gasteiger partial charge in [-0.1, -0.05) is 18.7 Å². The molecule has 0 saturated carbocycles. The van der Waals surface area contributed by atoms with Crippen molar-refractivity contribution in [1.29, 1.82) is 0 Å². The van der Waals surface area contributed by atoms with Gasteiger partial charge in [0.25, 0.3) is 0 Å².